The number of methoxy groups -OCH3 is 1. The highest BCUT2D eigenvalue weighted by Gasteiger charge is 2.23. The quantitative estimate of drug-likeness (QED) is 0.670. The molecule has 1 fully saturated rings. The van der Waals surface area contributed by atoms with Crippen molar-refractivity contribution in [1.29, 1.82) is 0 Å². The molecule has 0 bridgehead atoms. The van der Waals surface area contributed by atoms with Crippen LogP contribution in [0.1, 0.15) is 28.2 Å². The maximum absolute atomic E-state index is 5.52. The van der Waals surface area contributed by atoms with E-state index in [-0.39, 0.29) is 0 Å². The van der Waals surface area contributed by atoms with Gasteiger partial charge in [0.05, 0.1) is 32.3 Å². The fraction of sp³-hybridized carbons (Fsp3) is 0.455. The summed E-state index contributed by atoms with van der Waals surface area (Å²) in [5, 5.41) is 4.83. The Bertz CT molecular complexity index is 1010. The number of benzene rings is 1. The molecule has 6 nitrogen and oxygen atoms in total. The van der Waals surface area contributed by atoms with Gasteiger partial charge in [0.15, 0.2) is 0 Å². The molecular weight excluding hydrogens is 384 g/mol. The molecule has 0 radical (unpaired) electrons. The first-order valence-corrected chi connectivity index (χ1v) is 11.1. The van der Waals surface area contributed by atoms with E-state index in [0.717, 1.165) is 67.1 Å². The zero-order valence-electron chi connectivity index (χ0n) is 16.7. The van der Waals surface area contributed by atoms with Crippen LogP contribution in [0.3, 0.4) is 0 Å². The van der Waals surface area contributed by atoms with Crippen molar-refractivity contribution in [3.8, 4) is 5.75 Å². The molecule has 152 valence electrons. The minimum absolute atomic E-state index is 0.678. The molecule has 0 saturated carbocycles. The number of anilines is 1. The van der Waals surface area contributed by atoms with Gasteiger partial charge in [-0.1, -0.05) is 18.2 Å². The number of nitrogens with zero attached hydrogens (tertiary/aromatic N) is 3. The molecule has 1 saturated heterocycles. The van der Waals surface area contributed by atoms with Crippen LogP contribution in [0.2, 0.25) is 0 Å². The van der Waals surface area contributed by atoms with Crippen molar-refractivity contribution in [3.63, 3.8) is 0 Å². The second kappa shape index (κ2) is 8.26. The molecule has 0 amide bonds. The van der Waals surface area contributed by atoms with Gasteiger partial charge in [0.25, 0.3) is 0 Å². The first-order valence-electron chi connectivity index (χ1n) is 10.3. The number of fused-ring (bicyclic) bond motifs is 3. The number of nitrogens with one attached hydrogen (secondary N) is 1. The van der Waals surface area contributed by atoms with Crippen LogP contribution in [0.4, 0.5) is 5.82 Å². The summed E-state index contributed by atoms with van der Waals surface area (Å²) in [4.78, 5) is 14.9. The number of morpholine rings is 1. The zero-order valence-corrected chi connectivity index (χ0v) is 17.6. The molecule has 7 heteroatoms. The van der Waals surface area contributed by atoms with Gasteiger partial charge in [-0.25, -0.2) is 9.97 Å². The van der Waals surface area contributed by atoms with E-state index in [1.807, 2.05) is 29.5 Å². The van der Waals surface area contributed by atoms with Gasteiger partial charge in [0.1, 0.15) is 22.2 Å². The van der Waals surface area contributed by atoms with Gasteiger partial charge in [0, 0.05) is 30.1 Å². The maximum atomic E-state index is 5.52. The lowest BCUT2D eigenvalue weighted by atomic mass is 10.1. The van der Waals surface area contributed by atoms with Crippen LogP contribution in [0.5, 0.6) is 5.75 Å². The Balaban J connectivity index is 1.47. The minimum Gasteiger partial charge on any atom is -0.496 e. The molecule has 3 heterocycles. The SMILES string of the molecule is COc1ccccc1CNc1nc(CN2CCOCC2)nc2sc3c(c12)CCC3. The van der Waals surface area contributed by atoms with E-state index in [1.54, 1.807) is 7.11 Å². The largest absolute Gasteiger partial charge is 0.496 e. The number of hydrogen-bond acceptors (Lipinski definition) is 7. The Morgan fingerprint density at radius 3 is 2.90 bits per heavy atom. The van der Waals surface area contributed by atoms with Crippen molar-refractivity contribution in [1.82, 2.24) is 14.9 Å². The monoisotopic (exact) mass is 410 g/mol. The molecule has 29 heavy (non-hydrogen) atoms. The number of rotatable bonds is 6. The summed E-state index contributed by atoms with van der Waals surface area (Å²) in [6.45, 7) is 4.89. The molecule has 1 aliphatic heterocycles. The van der Waals surface area contributed by atoms with Crippen LogP contribution in [0, 0.1) is 0 Å². The van der Waals surface area contributed by atoms with E-state index in [1.165, 1.54) is 28.7 Å². The second-order valence-electron chi connectivity index (χ2n) is 7.58. The summed E-state index contributed by atoms with van der Waals surface area (Å²) in [6.07, 6.45) is 3.53. The summed E-state index contributed by atoms with van der Waals surface area (Å²) in [5.41, 5.74) is 2.58. The van der Waals surface area contributed by atoms with Gasteiger partial charge in [0.2, 0.25) is 0 Å². The van der Waals surface area contributed by atoms with E-state index < -0.39 is 0 Å². The van der Waals surface area contributed by atoms with Crippen LogP contribution >= 0.6 is 11.3 Å². The fourth-order valence-electron chi connectivity index (χ4n) is 4.23. The smallest absolute Gasteiger partial charge is 0.146 e. The highest BCUT2D eigenvalue weighted by atomic mass is 32.1. The highest BCUT2D eigenvalue weighted by Crippen LogP contribution is 2.39. The van der Waals surface area contributed by atoms with Gasteiger partial charge < -0.3 is 14.8 Å². The lowest BCUT2D eigenvalue weighted by Crippen LogP contribution is -2.36. The van der Waals surface area contributed by atoms with E-state index in [9.17, 15) is 0 Å². The average Bonchev–Trinajstić information content (AvgIpc) is 3.34. The zero-order chi connectivity index (χ0) is 19.6. The van der Waals surface area contributed by atoms with Crippen molar-refractivity contribution < 1.29 is 9.47 Å². The third-order valence-electron chi connectivity index (χ3n) is 5.72. The molecule has 3 aromatic rings. The molecule has 0 spiro atoms. The second-order valence-corrected chi connectivity index (χ2v) is 8.66. The molecule has 1 aromatic carbocycles. The molecule has 2 aromatic heterocycles. The van der Waals surface area contributed by atoms with Crippen LogP contribution in [0.15, 0.2) is 24.3 Å². The maximum Gasteiger partial charge on any atom is 0.146 e. The highest BCUT2D eigenvalue weighted by molar-refractivity contribution is 7.19. The van der Waals surface area contributed by atoms with Crippen LogP contribution in [-0.4, -0.2) is 48.3 Å². The number of thiophene rings is 1. The summed E-state index contributed by atoms with van der Waals surface area (Å²) in [6, 6.07) is 8.13. The topological polar surface area (TPSA) is 59.5 Å². The summed E-state index contributed by atoms with van der Waals surface area (Å²) in [7, 11) is 1.72. The van der Waals surface area contributed by atoms with Crippen LogP contribution in [0.25, 0.3) is 10.2 Å². The van der Waals surface area contributed by atoms with Crippen molar-refractivity contribution in [3.05, 3.63) is 46.1 Å². The Morgan fingerprint density at radius 2 is 2.03 bits per heavy atom. The predicted molar refractivity (Wildman–Crippen MR) is 116 cm³/mol. The molecular formula is C22H26N4O2S. The number of hydrogen-bond donors (Lipinski definition) is 1. The lowest BCUT2D eigenvalue weighted by Gasteiger charge is -2.25. The first-order chi connectivity index (χ1) is 14.3. The van der Waals surface area contributed by atoms with Crippen LogP contribution in [-0.2, 0) is 30.7 Å². The van der Waals surface area contributed by atoms with Gasteiger partial charge >= 0.3 is 0 Å². The van der Waals surface area contributed by atoms with Crippen molar-refractivity contribution in [2.75, 3.05) is 38.7 Å². The van der Waals surface area contributed by atoms with Gasteiger partial charge in [-0.3, -0.25) is 4.90 Å². The minimum atomic E-state index is 0.678. The molecule has 1 aliphatic carbocycles. The first kappa shape index (κ1) is 18.8. The Labute approximate surface area is 174 Å². The Kier molecular flexibility index (Phi) is 5.35. The van der Waals surface area contributed by atoms with E-state index in [0.29, 0.717) is 6.54 Å². The third kappa shape index (κ3) is 3.82. The molecule has 0 atom stereocenters. The standard InChI is InChI=1S/C22H26N4O2S/c1-27-17-7-3-2-5-15(17)13-23-21-20-16-6-4-8-18(16)29-22(20)25-19(24-21)14-26-9-11-28-12-10-26/h2-3,5,7H,4,6,8-14H2,1H3,(H,23,24,25). The molecule has 0 unspecified atom stereocenters. The number of para-hydroxylation sites is 1. The summed E-state index contributed by atoms with van der Waals surface area (Å²) in [5.74, 6) is 2.75. The number of aryl methyl sites for hydroxylation is 2. The summed E-state index contributed by atoms with van der Waals surface area (Å²) >= 11 is 1.85. The predicted octanol–water partition coefficient (Wildman–Crippen LogP) is 3.63. The molecule has 2 aliphatic rings. The average molecular weight is 411 g/mol. The number of ether oxygens (including phenoxy) is 2. The number of aromatic nitrogens is 2. The van der Waals surface area contributed by atoms with E-state index >= 15 is 0 Å². The molecule has 5 rings (SSSR count). The Morgan fingerprint density at radius 1 is 1.17 bits per heavy atom. The molecule has 1 N–H and O–H groups in total. The van der Waals surface area contributed by atoms with Crippen molar-refractivity contribution in [2.45, 2.75) is 32.4 Å². The van der Waals surface area contributed by atoms with Crippen molar-refractivity contribution >= 4 is 27.4 Å². The van der Waals surface area contributed by atoms with E-state index in [2.05, 4.69) is 16.3 Å². The summed E-state index contributed by atoms with van der Waals surface area (Å²) < 4.78 is 11.0. The lowest BCUT2D eigenvalue weighted by molar-refractivity contribution is 0.0331. The normalized spacial score (nSPS) is 16.9. The fourth-order valence-corrected chi connectivity index (χ4v) is 5.51. The van der Waals surface area contributed by atoms with Crippen molar-refractivity contribution in [2.24, 2.45) is 0 Å². The third-order valence-corrected chi connectivity index (χ3v) is 6.90. The van der Waals surface area contributed by atoms with E-state index in [4.69, 9.17) is 19.4 Å². The van der Waals surface area contributed by atoms with Crippen LogP contribution < -0.4 is 10.1 Å². The van der Waals surface area contributed by atoms with Gasteiger partial charge in [-0.05, 0) is 30.9 Å². The van der Waals surface area contributed by atoms with Gasteiger partial charge in [-0.15, -0.1) is 11.3 Å². The van der Waals surface area contributed by atoms with Gasteiger partial charge in [-0.2, -0.15) is 0 Å². The Hall–Kier alpha value is -2.22.